The maximum atomic E-state index is 10.5. The Hall–Kier alpha value is -0.0800. The van der Waals surface area contributed by atoms with Gasteiger partial charge in [-0.3, -0.25) is 0 Å². The Kier molecular flexibility index (Phi) is 1.66. The molecular weight excluding hydrogens is 174 g/mol. The van der Waals surface area contributed by atoms with Crippen molar-refractivity contribution in [3.63, 3.8) is 0 Å². The Morgan fingerprint density at radius 1 is 1.21 bits per heavy atom. The molecule has 4 rings (SSSR count). The average Bonchev–Trinajstić information content (AvgIpc) is 1.98. The molecule has 14 heavy (non-hydrogen) atoms. The van der Waals surface area contributed by atoms with Crippen molar-refractivity contribution in [2.45, 2.75) is 57.1 Å². The minimum absolute atomic E-state index is 0.264. The topological polar surface area (TPSA) is 46.2 Å². The van der Waals surface area contributed by atoms with Crippen LogP contribution in [0.3, 0.4) is 0 Å². The third kappa shape index (κ3) is 1.10. The van der Waals surface area contributed by atoms with Crippen LogP contribution < -0.4 is 5.73 Å². The molecule has 0 radical (unpaired) electrons. The number of aliphatic hydroxyl groups is 1. The largest absolute Gasteiger partial charge is 0.390 e. The van der Waals surface area contributed by atoms with Gasteiger partial charge in [0.25, 0.3) is 0 Å². The Bertz CT molecular complexity index is 247. The standard InChI is InChI=1S/C12H21NO/c1-8(13)11-3-9-2-10(4-11)6-12(14,5-9)7-11/h8-10,14H,2-7,13H2,1H3/t8-,9+,10+,11?,12?/m0/s1. The number of hydrogen-bond acceptors (Lipinski definition) is 2. The minimum Gasteiger partial charge on any atom is -0.390 e. The fourth-order valence-corrected chi connectivity index (χ4v) is 4.82. The van der Waals surface area contributed by atoms with Gasteiger partial charge in [0.05, 0.1) is 5.60 Å². The second kappa shape index (κ2) is 2.53. The summed E-state index contributed by atoms with van der Waals surface area (Å²) < 4.78 is 0. The zero-order chi connectivity index (χ0) is 9.97. The lowest BCUT2D eigenvalue weighted by Gasteiger charge is -2.61. The molecule has 0 spiro atoms. The zero-order valence-electron chi connectivity index (χ0n) is 9.00. The van der Waals surface area contributed by atoms with Gasteiger partial charge in [0.2, 0.25) is 0 Å². The van der Waals surface area contributed by atoms with Crippen LogP contribution in [0.1, 0.15) is 45.4 Å². The van der Waals surface area contributed by atoms with Crippen LogP contribution in [0.15, 0.2) is 0 Å². The quantitative estimate of drug-likeness (QED) is 0.668. The van der Waals surface area contributed by atoms with Gasteiger partial charge in [-0.2, -0.15) is 0 Å². The predicted molar refractivity (Wildman–Crippen MR) is 55.7 cm³/mol. The van der Waals surface area contributed by atoms with Gasteiger partial charge in [-0.05, 0) is 62.7 Å². The van der Waals surface area contributed by atoms with Crippen molar-refractivity contribution in [1.29, 1.82) is 0 Å². The summed E-state index contributed by atoms with van der Waals surface area (Å²) in [6.45, 7) is 2.14. The summed E-state index contributed by atoms with van der Waals surface area (Å²) >= 11 is 0. The highest BCUT2D eigenvalue weighted by molar-refractivity contribution is 5.10. The second-order valence-electron chi connectivity index (χ2n) is 6.34. The average molecular weight is 195 g/mol. The molecule has 0 aromatic heterocycles. The fraction of sp³-hybridized carbons (Fsp3) is 1.00. The van der Waals surface area contributed by atoms with Crippen molar-refractivity contribution < 1.29 is 5.11 Å². The van der Waals surface area contributed by atoms with Gasteiger partial charge in [-0.1, -0.05) is 0 Å². The number of hydrogen-bond donors (Lipinski definition) is 2. The van der Waals surface area contributed by atoms with Crippen LogP contribution in [0.5, 0.6) is 0 Å². The van der Waals surface area contributed by atoms with Gasteiger partial charge in [0.15, 0.2) is 0 Å². The molecule has 4 fully saturated rings. The van der Waals surface area contributed by atoms with Crippen LogP contribution in [0.4, 0.5) is 0 Å². The highest BCUT2D eigenvalue weighted by atomic mass is 16.3. The molecule has 3 N–H and O–H groups in total. The molecular formula is C12H21NO. The Balaban J connectivity index is 1.96. The molecule has 0 saturated heterocycles. The van der Waals surface area contributed by atoms with Gasteiger partial charge in [-0.15, -0.1) is 0 Å². The van der Waals surface area contributed by atoms with E-state index in [-0.39, 0.29) is 11.6 Å². The summed E-state index contributed by atoms with van der Waals surface area (Å²) in [7, 11) is 0. The van der Waals surface area contributed by atoms with Crippen LogP contribution in [0.25, 0.3) is 0 Å². The van der Waals surface area contributed by atoms with Crippen molar-refractivity contribution in [1.82, 2.24) is 0 Å². The van der Waals surface area contributed by atoms with E-state index in [0.29, 0.717) is 5.41 Å². The minimum atomic E-state index is -0.336. The Labute approximate surface area is 85.9 Å². The first-order chi connectivity index (χ1) is 6.51. The van der Waals surface area contributed by atoms with Gasteiger partial charge in [0, 0.05) is 6.04 Å². The lowest BCUT2D eigenvalue weighted by molar-refractivity contribution is -0.168. The first-order valence-corrected chi connectivity index (χ1v) is 5.99. The molecule has 4 saturated carbocycles. The van der Waals surface area contributed by atoms with E-state index in [2.05, 4.69) is 6.92 Å². The van der Waals surface area contributed by atoms with Crippen molar-refractivity contribution >= 4 is 0 Å². The third-order valence-electron chi connectivity index (χ3n) is 5.04. The van der Waals surface area contributed by atoms with Gasteiger partial charge in [0.1, 0.15) is 0 Å². The molecule has 80 valence electrons. The normalized spacial score (nSPS) is 57.6. The summed E-state index contributed by atoms with van der Waals surface area (Å²) in [5.41, 5.74) is 6.09. The van der Waals surface area contributed by atoms with E-state index in [9.17, 15) is 5.11 Å². The van der Waals surface area contributed by atoms with E-state index in [1.807, 2.05) is 0 Å². The van der Waals surface area contributed by atoms with Crippen molar-refractivity contribution in [3.05, 3.63) is 0 Å². The molecule has 0 aliphatic heterocycles. The molecule has 2 nitrogen and oxygen atoms in total. The first kappa shape index (κ1) is 9.17. The van der Waals surface area contributed by atoms with Gasteiger partial charge < -0.3 is 10.8 Å². The fourth-order valence-electron chi connectivity index (χ4n) is 4.82. The molecule has 0 aromatic carbocycles. The monoisotopic (exact) mass is 195 g/mol. The van der Waals surface area contributed by atoms with Crippen molar-refractivity contribution in [3.8, 4) is 0 Å². The smallest absolute Gasteiger partial charge is 0.0659 e. The second-order valence-corrected chi connectivity index (χ2v) is 6.34. The maximum Gasteiger partial charge on any atom is 0.0659 e. The third-order valence-corrected chi connectivity index (χ3v) is 5.04. The van der Waals surface area contributed by atoms with Gasteiger partial charge in [-0.25, -0.2) is 0 Å². The van der Waals surface area contributed by atoms with Crippen molar-refractivity contribution in [2.75, 3.05) is 0 Å². The first-order valence-electron chi connectivity index (χ1n) is 5.99. The van der Waals surface area contributed by atoms with E-state index in [4.69, 9.17) is 5.73 Å². The van der Waals surface area contributed by atoms with E-state index in [0.717, 1.165) is 31.1 Å². The molecule has 0 heterocycles. The SMILES string of the molecule is C[C@H](N)C12C[C@H]3C[C@@H](CC(O)(C3)C1)C2. The van der Waals surface area contributed by atoms with E-state index in [1.54, 1.807) is 0 Å². The Morgan fingerprint density at radius 3 is 2.21 bits per heavy atom. The Morgan fingerprint density at radius 2 is 1.79 bits per heavy atom. The number of rotatable bonds is 1. The van der Waals surface area contributed by atoms with Crippen molar-refractivity contribution in [2.24, 2.45) is 23.0 Å². The number of nitrogens with two attached hydrogens (primary N) is 1. The maximum absolute atomic E-state index is 10.5. The molecule has 4 aliphatic rings. The van der Waals surface area contributed by atoms with Crippen LogP contribution in [-0.2, 0) is 0 Å². The summed E-state index contributed by atoms with van der Waals surface area (Å²) in [6.07, 6.45) is 7.00. The van der Waals surface area contributed by atoms with E-state index < -0.39 is 0 Å². The molecule has 2 heteroatoms. The lowest BCUT2D eigenvalue weighted by atomic mass is 9.46. The van der Waals surface area contributed by atoms with Crippen LogP contribution in [0.2, 0.25) is 0 Å². The molecule has 4 bridgehead atoms. The van der Waals surface area contributed by atoms with Crippen LogP contribution >= 0.6 is 0 Å². The summed E-state index contributed by atoms with van der Waals surface area (Å²) in [5, 5.41) is 10.5. The van der Waals surface area contributed by atoms with Crippen LogP contribution in [-0.4, -0.2) is 16.7 Å². The predicted octanol–water partition coefficient (Wildman–Crippen LogP) is 1.66. The van der Waals surface area contributed by atoms with E-state index in [1.165, 1.54) is 19.3 Å². The highest BCUT2D eigenvalue weighted by Gasteiger charge is 2.58. The highest BCUT2D eigenvalue weighted by Crippen LogP contribution is 2.62. The lowest BCUT2D eigenvalue weighted by Crippen LogP contribution is -2.60. The van der Waals surface area contributed by atoms with Gasteiger partial charge >= 0.3 is 0 Å². The summed E-state index contributed by atoms with van der Waals surface area (Å²) in [5.74, 6) is 1.54. The molecule has 3 atom stereocenters. The zero-order valence-corrected chi connectivity index (χ0v) is 9.00. The molecule has 0 amide bonds. The summed E-state index contributed by atoms with van der Waals surface area (Å²) in [4.78, 5) is 0. The summed E-state index contributed by atoms with van der Waals surface area (Å²) in [6, 6.07) is 0.264. The van der Waals surface area contributed by atoms with Crippen LogP contribution in [0, 0.1) is 17.3 Å². The van der Waals surface area contributed by atoms with E-state index >= 15 is 0 Å². The molecule has 4 aliphatic carbocycles. The molecule has 0 unspecified atom stereocenters. The molecule has 0 aromatic rings.